The molecule has 0 bridgehead atoms. The highest BCUT2D eigenvalue weighted by atomic mass is 19.4. The zero-order valence-electron chi connectivity index (χ0n) is 8.91. The highest BCUT2D eigenvalue weighted by Crippen LogP contribution is 2.23. The summed E-state index contributed by atoms with van der Waals surface area (Å²) >= 11 is 0. The van der Waals surface area contributed by atoms with E-state index in [0.29, 0.717) is 19.7 Å². The molecule has 0 aromatic heterocycles. The standard InChI is InChI=1S/C11H11F3NO2/c12-11(13,14)17-9-3-1-8(2-4-9)7-16-10-5-15-6-10/h1-4,10H,5-7H2. The first-order valence-electron chi connectivity index (χ1n) is 5.12. The quantitative estimate of drug-likeness (QED) is 0.814. The monoisotopic (exact) mass is 246 g/mol. The van der Waals surface area contributed by atoms with E-state index < -0.39 is 6.36 Å². The SMILES string of the molecule is FC(F)(F)Oc1ccc(COC2C[N]C2)cc1. The summed E-state index contributed by atoms with van der Waals surface area (Å²) in [5.41, 5.74) is 0.812. The third kappa shape index (κ3) is 3.90. The van der Waals surface area contributed by atoms with Crippen LogP contribution in [-0.2, 0) is 11.3 Å². The van der Waals surface area contributed by atoms with Crippen LogP contribution in [0.4, 0.5) is 13.2 Å². The van der Waals surface area contributed by atoms with Crippen molar-refractivity contribution in [2.75, 3.05) is 13.1 Å². The van der Waals surface area contributed by atoms with Gasteiger partial charge in [0, 0.05) is 13.1 Å². The summed E-state index contributed by atoms with van der Waals surface area (Å²) in [5.74, 6) is -0.222. The molecule has 0 aliphatic carbocycles. The van der Waals surface area contributed by atoms with Gasteiger partial charge >= 0.3 is 6.36 Å². The van der Waals surface area contributed by atoms with Crippen molar-refractivity contribution in [3.63, 3.8) is 0 Å². The molecule has 1 radical (unpaired) electrons. The van der Waals surface area contributed by atoms with Crippen LogP contribution < -0.4 is 10.1 Å². The first kappa shape index (κ1) is 12.2. The van der Waals surface area contributed by atoms with Crippen molar-refractivity contribution in [1.29, 1.82) is 0 Å². The van der Waals surface area contributed by atoms with Crippen molar-refractivity contribution in [3.05, 3.63) is 29.8 Å². The van der Waals surface area contributed by atoms with Crippen LogP contribution in [0.3, 0.4) is 0 Å². The number of rotatable bonds is 4. The highest BCUT2D eigenvalue weighted by molar-refractivity contribution is 5.27. The summed E-state index contributed by atoms with van der Waals surface area (Å²) in [5, 5.41) is 3.99. The van der Waals surface area contributed by atoms with E-state index in [4.69, 9.17) is 4.74 Å². The number of alkyl halides is 3. The minimum Gasteiger partial charge on any atom is -0.406 e. The van der Waals surface area contributed by atoms with Crippen molar-refractivity contribution in [2.24, 2.45) is 0 Å². The number of benzene rings is 1. The third-order valence-electron chi connectivity index (χ3n) is 2.31. The van der Waals surface area contributed by atoms with Gasteiger partial charge in [-0.3, -0.25) is 0 Å². The molecule has 3 nitrogen and oxygen atoms in total. The first-order chi connectivity index (χ1) is 8.03. The van der Waals surface area contributed by atoms with Crippen LogP contribution in [0.5, 0.6) is 5.75 Å². The Labute approximate surface area is 96.5 Å². The van der Waals surface area contributed by atoms with Gasteiger partial charge < -0.3 is 9.47 Å². The number of hydrogen-bond acceptors (Lipinski definition) is 2. The number of hydrogen-bond donors (Lipinski definition) is 0. The van der Waals surface area contributed by atoms with E-state index in [9.17, 15) is 13.2 Å². The molecule has 1 aromatic rings. The van der Waals surface area contributed by atoms with E-state index >= 15 is 0 Å². The molecule has 1 fully saturated rings. The summed E-state index contributed by atoms with van der Waals surface area (Å²) in [6, 6.07) is 5.66. The second-order valence-electron chi connectivity index (χ2n) is 3.71. The Morgan fingerprint density at radius 3 is 2.29 bits per heavy atom. The van der Waals surface area contributed by atoms with E-state index in [0.717, 1.165) is 5.56 Å². The van der Waals surface area contributed by atoms with Crippen molar-refractivity contribution in [2.45, 2.75) is 19.1 Å². The van der Waals surface area contributed by atoms with Gasteiger partial charge in [-0.1, -0.05) is 12.1 Å². The predicted molar refractivity (Wildman–Crippen MR) is 53.6 cm³/mol. The molecule has 0 amide bonds. The molecule has 2 rings (SSSR count). The number of nitrogens with zero attached hydrogens (tertiary/aromatic N) is 1. The smallest absolute Gasteiger partial charge is 0.406 e. The van der Waals surface area contributed by atoms with Gasteiger partial charge in [-0.25, -0.2) is 5.32 Å². The lowest BCUT2D eigenvalue weighted by atomic mass is 10.2. The second kappa shape index (κ2) is 4.93. The van der Waals surface area contributed by atoms with E-state index in [2.05, 4.69) is 10.1 Å². The van der Waals surface area contributed by atoms with E-state index in [1.807, 2.05) is 0 Å². The fourth-order valence-electron chi connectivity index (χ4n) is 1.34. The maximum atomic E-state index is 11.9. The third-order valence-corrected chi connectivity index (χ3v) is 2.31. The predicted octanol–water partition coefficient (Wildman–Crippen LogP) is 2.09. The minimum atomic E-state index is -4.65. The molecular formula is C11H11F3NO2. The maximum absolute atomic E-state index is 11.9. The van der Waals surface area contributed by atoms with Crippen LogP contribution in [-0.4, -0.2) is 25.6 Å². The van der Waals surface area contributed by atoms with Gasteiger partial charge in [0.05, 0.1) is 12.7 Å². The van der Waals surface area contributed by atoms with Gasteiger partial charge in [0.15, 0.2) is 0 Å². The lowest BCUT2D eigenvalue weighted by Crippen LogP contribution is -2.43. The molecule has 0 N–H and O–H groups in total. The van der Waals surface area contributed by atoms with E-state index in [-0.39, 0.29) is 11.9 Å². The molecule has 1 aliphatic rings. The Balaban J connectivity index is 1.84. The van der Waals surface area contributed by atoms with Crippen LogP contribution in [0.1, 0.15) is 5.56 Å². The van der Waals surface area contributed by atoms with Gasteiger partial charge in [0.1, 0.15) is 5.75 Å². The van der Waals surface area contributed by atoms with Crippen LogP contribution >= 0.6 is 0 Å². The normalized spacial score (nSPS) is 16.6. The van der Waals surface area contributed by atoms with Gasteiger partial charge in [0.2, 0.25) is 0 Å². The summed E-state index contributed by atoms with van der Waals surface area (Å²) < 4.78 is 44.9. The van der Waals surface area contributed by atoms with Crippen LogP contribution in [0.2, 0.25) is 0 Å². The molecule has 17 heavy (non-hydrogen) atoms. The van der Waals surface area contributed by atoms with Crippen LogP contribution in [0.15, 0.2) is 24.3 Å². The zero-order chi connectivity index (χ0) is 12.3. The molecule has 1 aromatic carbocycles. The number of halogens is 3. The van der Waals surface area contributed by atoms with Crippen molar-refractivity contribution < 1.29 is 22.6 Å². The molecule has 0 unspecified atom stereocenters. The Morgan fingerprint density at radius 2 is 1.82 bits per heavy atom. The maximum Gasteiger partial charge on any atom is 0.573 e. The van der Waals surface area contributed by atoms with E-state index in [1.54, 1.807) is 12.1 Å². The Bertz CT molecular complexity index is 360. The largest absolute Gasteiger partial charge is 0.573 e. The summed E-state index contributed by atoms with van der Waals surface area (Å²) in [7, 11) is 0. The average Bonchev–Trinajstić information content (AvgIpc) is 2.16. The molecule has 1 heterocycles. The van der Waals surface area contributed by atoms with Gasteiger partial charge in [-0.15, -0.1) is 13.2 Å². The van der Waals surface area contributed by atoms with Gasteiger partial charge in [-0.05, 0) is 17.7 Å². The Morgan fingerprint density at radius 1 is 1.18 bits per heavy atom. The van der Waals surface area contributed by atoms with Gasteiger partial charge in [-0.2, -0.15) is 0 Å². The van der Waals surface area contributed by atoms with Crippen molar-refractivity contribution in [1.82, 2.24) is 5.32 Å². The van der Waals surface area contributed by atoms with E-state index in [1.165, 1.54) is 12.1 Å². The molecule has 93 valence electrons. The molecule has 0 spiro atoms. The molecule has 1 saturated heterocycles. The number of ether oxygens (including phenoxy) is 2. The fourth-order valence-corrected chi connectivity index (χ4v) is 1.34. The van der Waals surface area contributed by atoms with Gasteiger partial charge in [0.25, 0.3) is 0 Å². The Hall–Kier alpha value is -1.27. The van der Waals surface area contributed by atoms with Crippen molar-refractivity contribution >= 4 is 0 Å². The summed E-state index contributed by atoms with van der Waals surface area (Å²) in [6.45, 7) is 1.79. The fraction of sp³-hybridized carbons (Fsp3) is 0.455. The Kier molecular flexibility index (Phi) is 3.54. The molecule has 0 saturated carbocycles. The molecule has 1 aliphatic heterocycles. The summed E-state index contributed by atoms with van der Waals surface area (Å²) in [6.07, 6.45) is -4.49. The lowest BCUT2D eigenvalue weighted by Gasteiger charge is -2.25. The molecule has 0 atom stereocenters. The first-order valence-corrected chi connectivity index (χ1v) is 5.12. The lowest BCUT2D eigenvalue weighted by molar-refractivity contribution is -0.274. The average molecular weight is 246 g/mol. The minimum absolute atomic E-state index is 0.154. The molecular weight excluding hydrogens is 235 g/mol. The molecule has 6 heteroatoms. The van der Waals surface area contributed by atoms with Crippen LogP contribution in [0.25, 0.3) is 0 Å². The zero-order valence-corrected chi connectivity index (χ0v) is 8.91. The second-order valence-corrected chi connectivity index (χ2v) is 3.71. The highest BCUT2D eigenvalue weighted by Gasteiger charge is 2.30. The summed E-state index contributed by atoms with van der Waals surface area (Å²) in [4.78, 5) is 0. The van der Waals surface area contributed by atoms with Crippen LogP contribution in [0, 0.1) is 0 Å². The topological polar surface area (TPSA) is 32.6 Å². The van der Waals surface area contributed by atoms with Crippen molar-refractivity contribution in [3.8, 4) is 5.75 Å².